The SMILES string of the molecule is COc1ccc([C@@H](C#N)CC(=O)[O-])cc1. The normalized spacial score (nSPS) is 11.5. The van der Waals surface area contributed by atoms with Crippen molar-refractivity contribution in [3.63, 3.8) is 0 Å². The molecule has 78 valence electrons. The maximum Gasteiger partial charge on any atom is 0.118 e. The van der Waals surface area contributed by atoms with Crippen molar-refractivity contribution in [2.24, 2.45) is 0 Å². The molecule has 0 aliphatic carbocycles. The highest BCUT2D eigenvalue weighted by Gasteiger charge is 2.10. The first-order valence-electron chi connectivity index (χ1n) is 4.40. The van der Waals surface area contributed by atoms with Gasteiger partial charge in [-0.15, -0.1) is 0 Å². The number of hydrogen-bond donors (Lipinski definition) is 0. The van der Waals surface area contributed by atoms with E-state index in [9.17, 15) is 9.90 Å². The minimum Gasteiger partial charge on any atom is -0.550 e. The molecule has 0 saturated heterocycles. The molecule has 15 heavy (non-hydrogen) atoms. The molecule has 0 bridgehead atoms. The van der Waals surface area contributed by atoms with E-state index in [4.69, 9.17) is 10.00 Å². The molecule has 0 spiro atoms. The average Bonchev–Trinajstić information content (AvgIpc) is 2.26. The first-order valence-corrected chi connectivity index (χ1v) is 4.40. The van der Waals surface area contributed by atoms with Crippen LogP contribution in [0.5, 0.6) is 5.75 Å². The van der Waals surface area contributed by atoms with Crippen molar-refractivity contribution in [2.75, 3.05) is 7.11 Å². The molecule has 0 aliphatic heterocycles. The average molecular weight is 204 g/mol. The molecule has 4 heteroatoms. The number of nitriles is 1. The van der Waals surface area contributed by atoms with Crippen LogP contribution in [0.4, 0.5) is 0 Å². The van der Waals surface area contributed by atoms with Crippen LogP contribution < -0.4 is 9.84 Å². The Balaban J connectivity index is 2.84. The largest absolute Gasteiger partial charge is 0.550 e. The maximum absolute atomic E-state index is 10.4. The molecule has 4 nitrogen and oxygen atoms in total. The third-order valence-electron chi connectivity index (χ3n) is 2.04. The van der Waals surface area contributed by atoms with Gasteiger partial charge in [0, 0.05) is 12.4 Å². The lowest BCUT2D eigenvalue weighted by atomic mass is 9.97. The maximum atomic E-state index is 10.4. The molecule has 1 aromatic rings. The summed E-state index contributed by atoms with van der Waals surface area (Å²) in [4.78, 5) is 10.4. The minimum atomic E-state index is -1.22. The third-order valence-corrected chi connectivity index (χ3v) is 2.04. The van der Waals surface area contributed by atoms with Crippen molar-refractivity contribution in [1.82, 2.24) is 0 Å². The van der Waals surface area contributed by atoms with E-state index in [-0.39, 0.29) is 6.42 Å². The Morgan fingerprint density at radius 2 is 2.13 bits per heavy atom. The molecule has 0 radical (unpaired) electrons. The van der Waals surface area contributed by atoms with Gasteiger partial charge in [0.25, 0.3) is 0 Å². The van der Waals surface area contributed by atoms with Crippen LogP contribution in [0.15, 0.2) is 24.3 Å². The molecule has 0 unspecified atom stereocenters. The summed E-state index contributed by atoms with van der Waals surface area (Å²) in [6.07, 6.45) is -0.289. The van der Waals surface area contributed by atoms with Gasteiger partial charge in [0.15, 0.2) is 0 Å². The van der Waals surface area contributed by atoms with Gasteiger partial charge in [-0.1, -0.05) is 12.1 Å². The van der Waals surface area contributed by atoms with Gasteiger partial charge in [0.2, 0.25) is 0 Å². The molecule has 0 fully saturated rings. The van der Waals surface area contributed by atoms with E-state index in [1.807, 2.05) is 6.07 Å². The second-order valence-corrected chi connectivity index (χ2v) is 3.03. The van der Waals surface area contributed by atoms with Gasteiger partial charge in [0.1, 0.15) is 5.75 Å². The summed E-state index contributed by atoms with van der Waals surface area (Å²) in [6.45, 7) is 0. The van der Waals surface area contributed by atoms with E-state index in [0.29, 0.717) is 11.3 Å². The number of carbonyl (C=O) groups is 1. The van der Waals surface area contributed by atoms with Crippen molar-refractivity contribution < 1.29 is 14.6 Å². The standard InChI is InChI=1S/C11H11NO3/c1-15-10-4-2-8(3-5-10)9(7-12)6-11(13)14/h2-5,9H,6H2,1H3,(H,13,14)/p-1/t9-/m1/s1. The summed E-state index contributed by atoms with van der Waals surface area (Å²) in [5.41, 5.74) is 0.655. The van der Waals surface area contributed by atoms with Gasteiger partial charge in [-0.2, -0.15) is 5.26 Å². The Morgan fingerprint density at radius 1 is 1.53 bits per heavy atom. The summed E-state index contributed by atoms with van der Waals surface area (Å²) in [5, 5.41) is 19.2. The lowest BCUT2D eigenvalue weighted by Gasteiger charge is -2.10. The van der Waals surface area contributed by atoms with Crippen molar-refractivity contribution in [3.05, 3.63) is 29.8 Å². The predicted octanol–water partition coefficient (Wildman–Crippen LogP) is 0.442. The van der Waals surface area contributed by atoms with E-state index < -0.39 is 11.9 Å². The zero-order valence-electron chi connectivity index (χ0n) is 8.27. The molecule has 0 heterocycles. The Kier molecular flexibility index (Phi) is 3.69. The summed E-state index contributed by atoms with van der Waals surface area (Å²) in [7, 11) is 1.54. The van der Waals surface area contributed by atoms with Gasteiger partial charge in [-0.25, -0.2) is 0 Å². The summed E-state index contributed by atoms with van der Waals surface area (Å²) in [5.74, 6) is -1.22. The lowest BCUT2D eigenvalue weighted by molar-refractivity contribution is -0.305. The van der Waals surface area contributed by atoms with E-state index in [1.165, 1.54) is 7.11 Å². The topological polar surface area (TPSA) is 73.1 Å². The van der Waals surface area contributed by atoms with Crippen LogP contribution in [-0.4, -0.2) is 13.1 Å². The molecule has 0 N–H and O–H groups in total. The van der Waals surface area contributed by atoms with Crippen molar-refractivity contribution in [1.29, 1.82) is 5.26 Å². The van der Waals surface area contributed by atoms with Gasteiger partial charge < -0.3 is 14.6 Å². The van der Waals surface area contributed by atoms with Gasteiger partial charge in [-0.3, -0.25) is 0 Å². The van der Waals surface area contributed by atoms with Gasteiger partial charge >= 0.3 is 0 Å². The molecule has 0 aliphatic rings. The van der Waals surface area contributed by atoms with E-state index >= 15 is 0 Å². The fourth-order valence-corrected chi connectivity index (χ4v) is 1.24. The zero-order chi connectivity index (χ0) is 11.3. The Labute approximate surface area is 87.7 Å². The van der Waals surface area contributed by atoms with Crippen LogP contribution in [0.2, 0.25) is 0 Å². The van der Waals surface area contributed by atoms with E-state index in [0.717, 1.165) is 0 Å². The highest BCUT2D eigenvalue weighted by molar-refractivity contribution is 5.66. The minimum absolute atomic E-state index is 0.289. The van der Waals surface area contributed by atoms with Crippen LogP contribution >= 0.6 is 0 Å². The molecule has 0 saturated carbocycles. The van der Waals surface area contributed by atoms with Crippen molar-refractivity contribution >= 4 is 5.97 Å². The molecule has 0 amide bonds. The van der Waals surface area contributed by atoms with Crippen molar-refractivity contribution in [3.8, 4) is 11.8 Å². The second kappa shape index (κ2) is 5.01. The number of benzene rings is 1. The number of nitrogens with zero attached hydrogens (tertiary/aromatic N) is 1. The molecular weight excluding hydrogens is 194 g/mol. The first kappa shape index (κ1) is 11.1. The summed E-state index contributed by atoms with van der Waals surface area (Å²) >= 11 is 0. The Morgan fingerprint density at radius 3 is 2.53 bits per heavy atom. The fourth-order valence-electron chi connectivity index (χ4n) is 1.24. The second-order valence-electron chi connectivity index (χ2n) is 3.03. The fraction of sp³-hybridized carbons (Fsp3) is 0.273. The van der Waals surface area contributed by atoms with E-state index in [1.54, 1.807) is 24.3 Å². The Bertz CT molecular complexity index is 378. The number of carboxylic acids is 1. The van der Waals surface area contributed by atoms with Crippen LogP contribution in [0, 0.1) is 11.3 Å². The highest BCUT2D eigenvalue weighted by Crippen LogP contribution is 2.21. The van der Waals surface area contributed by atoms with Crippen LogP contribution in [-0.2, 0) is 4.79 Å². The molecule has 1 atom stereocenters. The van der Waals surface area contributed by atoms with Crippen LogP contribution in [0.3, 0.4) is 0 Å². The highest BCUT2D eigenvalue weighted by atomic mass is 16.5. The number of carboxylic acid groups (broad SMARTS) is 1. The lowest BCUT2D eigenvalue weighted by Crippen LogP contribution is -2.24. The third kappa shape index (κ3) is 2.99. The zero-order valence-corrected chi connectivity index (χ0v) is 8.27. The quantitative estimate of drug-likeness (QED) is 0.713. The first-order chi connectivity index (χ1) is 7.17. The van der Waals surface area contributed by atoms with Gasteiger partial charge in [0.05, 0.1) is 19.1 Å². The number of hydrogen-bond acceptors (Lipinski definition) is 4. The molecule has 1 rings (SSSR count). The van der Waals surface area contributed by atoms with Crippen molar-refractivity contribution in [2.45, 2.75) is 12.3 Å². The molecule has 0 aromatic heterocycles. The number of aliphatic carboxylic acids is 1. The van der Waals surface area contributed by atoms with Crippen LogP contribution in [0.25, 0.3) is 0 Å². The van der Waals surface area contributed by atoms with Gasteiger partial charge in [-0.05, 0) is 17.7 Å². The molecular formula is C11H10NO3-. The number of carbonyl (C=O) groups excluding carboxylic acids is 1. The number of methoxy groups -OCH3 is 1. The van der Waals surface area contributed by atoms with E-state index in [2.05, 4.69) is 0 Å². The Hall–Kier alpha value is -2.02. The summed E-state index contributed by atoms with van der Waals surface area (Å²) in [6, 6.07) is 8.66. The number of ether oxygens (including phenoxy) is 1. The number of rotatable bonds is 4. The molecule has 1 aromatic carbocycles. The summed E-state index contributed by atoms with van der Waals surface area (Å²) < 4.78 is 4.95. The predicted molar refractivity (Wildman–Crippen MR) is 51.0 cm³/mol. The smallest absolute Gasteiger partial charge is 0.118 e. The van der Waals surface area contributed by atoms with Crippen LogP contribution in [0.1, 0.15) is 17.9 Å². The monoisotopic (exact) mass is 204 g/mol.